The van der Waals surface area contributed by atoms with Gasteiger partial charge in [-0.15, -0.1) is 0 Å². The average Bonchev–Trinajstić information content (AvgIpc) is 2.75. The molecule has 1 saturated heterocycles. The van der Waals surface area contributed by atoms with Crippen molar-refractivity contribution in [3.63, 3.8) is 0 Å². The second kappa shape index (κ2) is 4.32. The molecule has 1 heterocycles. The topological polar surface area (TPSA) is 75.4 Å². The highest BCUT2D eigenvalue weighted by molar-refractivity contribution is 5.97. The molecule has 3 N–H and O–H groups in total. The third-order valence-corrected chi connectivity index (χ3v) is 2.51. The number of carbonyl (C=O) groups excluding carboxylic acids is 2. The van der Waals surface area contributed by atoms with Crippen molar-refractivity contribution in [3.8, 4) is 0 Å². The Kier molecular flexibility index (Phi) is 2.87. The number of benzene rings is 1. The van der Waals surface area contributed by atoms with Gasteiger partial charge in [0.15, 0.2) is 5.78 Å². The van der Waals surface area contributed by atoms with Gasteiger partial charge in [0.05, 0.1) is 12.2 Å². The van der Waals surface area contributed by atoms with Gasteiger partial charge < -0.3 is 5.73 Å². The van der Waals surface area contributed by atoms with E-state index in [1.54, 1.807) is 29.3 Å². The molecule has 5 nitrogen and oxygen atoms in total. The van der Waals surface area contributed by atoms with Crippen molar-refractivity contribution in [3.05, 3.63) is 29.8 Å². The first-order chi connectivity index (χ1) is 7.70. The molecule has 0 aliphatic carbocycles. The molecule has 1 amide bonds. The summed E-state index contributed by atoms with van der Waals surface area (Å²) in [7, 11) is 0. The number of hydrogen-bond acceptors (Lipinski definition) is 4. The van der Waals surface area contributed by atoms with Gasteiger partial charge in [-0.25, -0.2) is 0 Å². The summed E-state index contributed by atoms with van der Waals surface area (Å²) in [6.07, 6.45) is 0.503. The first kappa shape index (κ1) is 10.6. The van der Waals surface area contributed by atoms with E-state index in [-0.39, 0.29) is 18.2 Å². The molecule has 5 heteroatoms. The molecule has 0 unspecified atom stereocenters. The first-order valence-electron chi connectivity index (χ1n) is 5.11. The zero-order valence-corrected chi connectivity index (χ0v) is 8.77. The molecule has 0 radical (unpaired) electrons. The van der Waals surface area contributed by atoms with Crippen molar-refractivity contribution < 1.29 is 9.59 Å². The van der Waals surface area contributed by atoms with Gasteiger partial charge in [0, 0.05) is 18.5 Å². The highest BCUT2D eigenvalue weighted by Crippen LogP contribution is 2.16. The lowest BCUT2D eigenvalue weighted by atomic mass is 10.1. The van der Waals surface area contributed by atoms with E-state index in [2.05, 4.69) is 5.43 Å². The van der Waals surface area contributed by atoms with E-state index in [1.165, 1.54) is 0 Å². The maximum Gasteiger partial charge on any atom is 0.240 e. The zero-order valence-electron chi connectivity index (χ0n) is 8.77. The Balaban J connectivity index is 2.13. The molecule has 1 fully saturated rings. The number of hydrogen-bond donors (Lipinski definition) is 2. The normalized spacial score (nSPS) is 15.1. The number of amides is 1. The average molecular weight is 219 g/mol. The number of nitrogens with zero attached hydrogens (tertiary/aromatic N) is 1. The Labute approximate surface area is 93.2 Å². The van der Waals surface area contributed by atoms with Crippen LogP contribution in [-0.2, 0) is 4.79 Å². The third kappa shape index (κ3) is 2.04. The lowest BCUT2D eigenvalue weighted by Crippen LogP contribution is -2.32. The molecule has 0 spiro atoms. The van der Waals surface area contributed by atoms with Crippen LogP contribution in [0.25, 0.3) is 0 Å². The first-order valence-corrected chi connectivity index (χ1v) is 5.11. The van der Waals surface area contributed by atoms with E-state index < -0.39 is 0 Å². The summed E-state index contributed by atoms with van der Waals surface area (Å²) in [6.45, 7) is 0.669. The third-order valence-electron chi connectivity index (χ3n) is 2.51. The fourth-order valence-corrected chi connectivity index (χ4v) is 1.61. The molecule has 2 rings (SSSR count). The zero-order chi connectivity index (χ0) is 11.5. The lowest BCUT2D eigenvalue weighted by molar-refractivity contribution is -0.119. The Hall–Kier alpha value is -1.88. The SMILES string of the molecule is NCC(=O)c1ccc(N2CCC(=O)N2)cc1. The summed E-state index contributed by atoms with van der Waals surface area (Å²) in [5.74, 6) is -0.0703. The number of nitrogens with two attached hydrogens (primary N) is 1. The smallest absolute Gasteiger partial charge is 0.240 e. The van der Waals surface area contributed by atoms with E-state index in [0.717, 1.165) is 5.69 Å². The largest absolute Gasteiger partial charge is 0.324 e. The summed E-state index contributed by atoms with van der Waals surface area (Å²) in [6, 6.07) is 7.03. The molecular formula is C11H13N3O2. The second-order valence-corrected chi connectivity index (χ2v) is 3.61. The highest BCUT2D eigenvalue weighted by Gasteiger charge is 2.18. The van der Waals surface area contributed by atoms with Gasteiger partial charge in [-0.2, -0.15) is 0 Å². The molecule has 0 bridgehead atoms. The van der Waals surface area contributed by atoms with Crippen molar-refractivity contribution in [1.82, 2.24) is 5.43 Å². The number of carbonyl (C=O) groups is 2. The molecule has 0 aromatic heterocycles. The van der Waals surface area contributed by atoms with Crippen LogP contribution in [0.1, 0.15) is 16.8 Å². The van der Waals surface area contributed by atoms with Crippen LogP contribution in [0.15, 0.2) is 24.3 Å². The Morgan fingerprint density at radius 2 is 2.06 bits per heavy atom. The number of ketones is 1. The van der Waals surface area contributed by atoms with E-state index in [0.29, 0.717) is 18.5 Å². The predicted molar refractivity (Wildman–Crippen MR) is 59.9 cm³/mol. The van der Waals surface area contributed by atoms with Gasteiger partial charge in [0.25, 0.3) is 0 Å². The standard InChI is InChI=1S/C11H13N3O2/c12-7-10(15)8-1-3-9(4-2-8)14-6-5-11(16)13-14/h1-4H,5-7,12H2,(H,13,16). The van der Waals surface area contributed by atoms with Crippen molar-refractivity contribution in [2.45, 2.75) is 6.42 Å². The van der Waals surface area contributed by atoms with Crippen LogP contribution in [0.5, 0.6) is 0 Å². The summed E-state index contributed by atoms with van der Waals surface area (Å²) >= 11 is 0. The predicted octanol–water partition coefficient (Wildman–Crippen LogP) is 0.0693. The van der Waals surface area contributed by atoms with Crippen molar-refractivity contribution in [2.75, 3.05) is 18.1 Å². The van der Waals surface area contributed by atoms with Gasteiger partial charge in [-0.3, -0.25) is 20.0 Å². The fourth-order valence-electron chi connectivity index (χ4n) is 1.61. The van der Waals surface area contributed by atoms with Gasteiger partial charge >= 0.3 is 0 Å². The van der Waals surface area contributed by atoms with Gasteiger partial charge in [-0.05, 0) is 24.3 Å². The van der Waals surface area contributed by atoms with Crippen molar-refractivity contribution in [2.24, 2.45) is 5.73 Å². The van der Waals surface area contributed by atoms with Crippen LogP contribution in [0.4, 0.5) is 5.69 Å². The lowest BCUT2D eigenvalue weighted by Gasteiger charge is -2.17. The molecule has 1 aromatic carbocycles. The Morgan fingerprint density at radius 1 is 1.38 bits per heavy atom. The number of anilines is 1. The van der Waals surface area contributed by atoms with Crippen LogP contribution in [0.3, 0.4) is 0 Å². The van der Waals surface area contributed by atoms with E-state index in [1.807, 2.05) is 0 Å². The quantitative estimate of drug-likeness (QED) is 0.705. The van der Waals surface area contributed by atoms with Crippen molar-refractivity contribution >= 4 is 17.4 Å². The van der Waals surface area contributed by atoms with Crippen LogP contribution >= 0.6 is 0 Å². The molecule has 1 aromatic rings. The molecule has 0 saturated carbocycles. The maximum atomic E-state index is 11.3. The molecule has 16 heavy (non-hydrogen) atoms. The monoisotopic (exact) mass is 219 g/mol. The summed E-state index contributed by atoms with van der Waals surface area (Å²) in [4.78, 5) is 22.3. The molecule has 1 aliphatic heterocycles. The van der Waals surface area contributed by atoms with Crippen LogP contribution in [0.2, 0.25) is 0 Å². The van der Waals surface area contributed by atoms with Crippen molar-refractivity contribution in [1.29, 1.82) is 0 Å². The minimum atomic E-state index is -0.0861. The maximum absolute atomic E-state index is 11.3. The van der Waals surface area contributed by atoms with Gasteiger partial charge in [-0.1, -0.05) is 0 Å². The second-order valence-electron chi connectivity index (χ2n) is 3.61. The summed E-state index contributed by atoms with van der Waals surface area (Å²) in [5.41, 5.74) is 9.45. The molecule has 0 atom stereocenters. The van der Waals surface area contributed by atoms with E-state index >= 15 is 0 Å². The Morgan fingerprint density at radius 3 is 2.56 bits per heavy atom. The fraction of sp³-hybridized carbons (Fsp3) is 0.273. The summed E-state index contributed by atoms with van der Waals surface area (Å²) in [5, 5.41) is 1.76. The molecule has 84 valence electrons. The highest BCUT2D eigenvalue weighted by atomic mass is 16.2. The number of Topliss-reactive ketones (excluding diaryl/α,β-unsaturated/α-hetero) is 1. The minimum absolute atomic E-state index is 0.0137. The molecule has 1 aliphatic rings. The van der Waals surface area contributed by atoms with Crippen LogP contribution < -0.4 is 16.2 Å². The van der Waals surface area contributed by atoms with E-state index in [4.69, 9.17) is 5.73 Å². The van der Waals surface area contributed by atoms with Gasteiger partial charge in [0.2, 0.25) is 5.91 Å². The van der Waals surface area contributed by atoms with Crippen LogP contribution in [0, 0.1) is 0 Å². The summed E-state index contributed by atoms with van der Waals surface area (Å²) < 4.78 is 0. The van der Waals surface area contributed by atoms with Crippen LogP contribution in [-0.4, -0.2) is 24.8 Å². The van der Waals surface area contributed by atoms with Gasteiger partial charge in [0.1, 0.15) is 0 Å². The minimum Gasteiger partial charge on any atom is -0.324 e. The number of nitrogens with one attached hydrogen (secondary N) is 1. The Bertz CT molecular complexity index is 414. The number of hydrazine groups is 1. The van der Waals surface area contributed by atoms with E-state index in [9.17, 15) is 9.59 Å². The molecular weight excluding hydrogens is 206 g/mol. The number of rotatable bonds is 3.